The van der Waals surface area contributed by atoms with Crippen LogP contribution in [0.4, 0.5) is 13.2 Å². The number of phenols is 1. The van der Waals surface area contributed by atoms with Crippen molar-refractivity contribution in [1.82, 2.24) is 10.3 Å². The second kappa shape index (κ2) is 6.51. The molecule has 3 rings (SSSR count). The second-order valence-corrected chi connectivity index (χ2v) is 5.59. The molecule has 130 valence electrons. The van der Waals surface area contributed by atoms with Crippen LogP contribution in [0.1, 0.15) is 21.5 Å². The van der Waals surface area contributed by atoms with Gasteiger partial charge in [0.1, 0.15) is 5.75 Å². The van der Waals surface area contributed by atoms with Gasteiger partial charge in [-0.2, -0.15) is 13.2 Å². The minimum Gasteiger partial charge on any atom is -0.508 e. The van der Waals surface area contributed by atoms with Gasteiger partial charge in [-0.1, -0.05) is 12.1 Å². The number of benzene rings is 2. The largest absolute Gasteiger partial charge is 0.508 e. The minimum absolute atomic E-state index is 0.137. The maximum Gasteiger partial charge on any atom is 0.417 e. The zero-order valence-corrected chi connectivity index (χ0v) is 13.0. The Labute approximate surface area is 141 Å². The third-order valence-corrected chi connectivity index (χ3v) is 3.91. The Balaban J connectivity index is 1.69. The molecule has 3 aromatic rings. The number of fused-ring (bicyclic) bond motifs is 1. The molecule has 7 heteroatoms. The van der Waals surface area contributed by atoms with Crippen molar-refractivity contribution in [1.29, 1.82) is 0 Å². The summed E-state index contributed by atoms with van der Waals surface area (Å²) in [4.78, 5) is 15.1. The van der Waals surface area contributed by atoms with Crippen LogP contribution in [0.3, 0.4) is 0 Å². The van der Waals surface area contributed by atoms with Crippen LogP contribution in [0.25, 0.3) is 10.9 Å². The number of carbonyl (C=O) groups is 1. The second-order valence-electron chi connectivity index (χ2n) is 5.59. The first-order valence-electron chi connectivity index (χ1n) is 7.59. The summed E-state index contributed by atoms with van der Waals surface area (Å²) in [6, 6.07) is 9.58. The third-order valence-electron chi connectivity index (χ3n) is 3.91. The van der Waals surface area contributed by atoms with Crippen molar-refractivity contribution < 1.29 is 23.1 Å². The van der Waals surface area contributed by atoms with Gasteiger partial charge in [-0.05, 0) is 36.2 Å². The van der Waals surface area contributed by atoms with Crippen molar-refractivity contribution in [2.75, 3.05) is 6.54 Å². The van der Waals surface area contributed by atoms with E-state index in [1.165, 1.54) is 12.1 Å². The van der Waals surface area contributed by atoms with Crippen LogP contribution in [-0.2, 0) is 12.6 Å². The van der Waals surface area contributed by atoms with Crippen LogP contribution in [-0.4, -0.2) is 22.5 Å². The van der Waals surface area contributed by atoms with Gasteiger partial charge in [0.25, 0.3) is 5.91 Å². The van der Waals surface area contributed by atoms with Crippen molar-refractivity contribution in [2.45, 2.75) is 12.6 Å². The van der Waals surface area contributed by atoms with Gasteiger partial charge in [-0.15, -0.1) is 0 Å². The van der Waals surface area contributed by atoms with Gasteiger partial charge in [0, 0.05) is 29.7 Å². The summed E-state index contributed by atoms with van der Waals surface area (Å²) in [5, 5.41) is 12.9. The van der Waals surface area contributed by atoms with E-state index < -0.39 is 17.6 Å². The summed E-state index contributed by atoms with van der Waals surface area (Å²) in [5.74, 6) is -0.622. The van der Waals surface area contributed by atoms with E-state index in [0.717, 1.165) is 28.6 Å². The van der Waals surface area contributed by atoms with Gasteiger partial charge in [0.05, 0.1) is 11.1 Å². The average molecular weight is 348 g/mol. The first kappa shape index (κ1) is 16.9. The number of aromatic hydroxyl groups is 1. The number of nitrogens with one attached hydrogen (secondary N) is 2. The van der Waals surface area contributed by atoms with Gasteiger partial charge >= 0.3 is 6.18 Å². The number of hydrogen-bond donors (Lipinski definition) is 3. The molecular weight excluding hydrogens is 333 g/mol. The van der Waals surface area contributed by atoms with E-state index in [-0.39, 0.29) is 17.9 Å². The van der Waals surface area contributed by atoms with Gasteiger partial charge < -0.3 is 15.4 Å². The van der Waals surface area contributed by atoms with Crippen molar-refractivity contribution in [3.05, 3.63) is 65.4 Å². The molecule has 0 saturated carbocycles. The molecule has 0 unspecified atom stereocenters. The number of aromatic nitrogens is 1. The molecule has 0 aliphatic heterocycles. The summed E-state index contributed by atoms with van der Waals surface area (Å²) in [6.07, 6.45) is -2.38. The summed E-state index contributed by atoms with van der Waals surface area (Å²) in [5.41, 5.74) is 0.317. The van der Waals surface area contributed by atoms with E-state index in [9.17, 15) is 23.1 Å². The fourth-order valence-electron chi connectivity index (χ4n) is 2.72. The van der Waals surface area contributed by atoms with Crippen molar-refractivity contribution in [3.63, 3.8) is 0 Å². The Morgan fingerprint density at radius 3 is 2.68 bits per heavy atom. The first-order valence-corrected chi connectivity index (χ1v) is 7.59. The van der Waals surface area contributed by atoms with E-state index in [1.807, 2.05) is 0 Å². The lowest BCUT2D eigenvalue weighted by Gasteiger charge is -2.12. The molecule has 3 N–H and O–H groups in total. The molecule has 0 aliphatic carbocycles. The van der Waals surface area contributed by atoms with E-state index in [1.54, 1.807) is 24.4 Å². The minimum atomic E-state index is -4.58. The van der Waals surface area contributed by atoms with E-state index in [4.69, 9.17) is 0 Å². The van der Waals surface area contributed by atoms with Crippen LogP contribution in [0.15, 0.2) is 48.7 Å². The number of carbonyl (C=O) groups excluding carboxylic acids is 1. The van der Waals surface area contributed by atoms with Crippen molar-refractivity contribution in [2.24, 2.45) is 0 Å². The quantitative estimate of drug-likeness (QED) is 0.670. The van der Waals surface area contributed by atoms with Crippen molar-refractivity contribution >= 4 is 16.8 Å². The smallest absolute Gasteiger partial charge is 0.417 e. The summed E-state index contributed by atoms with van der Waals surface area (Å²) in [7, 11) is 0. The fourth-order valence-corrected chi connectivity index (χ4v) is 2.72. The highest BCUT2D eigenvalue weighted by Crippen LogP contribution is 2.31. The number of halogens is 3. The normalized spacial score (nSPS) is 11.6. The molecule has 1 heterocycles. The number of aromatic amines is 1. The number of hydrogen-bond acceptors (Lipinski definition) is 2. The molecule has 4 nitrogen and oxygen atoms in total. The third kappa shape index (κ3) is 3.60. The molecule has 2 aromatic carbocycles. The molecule has 25 heavy (non-hydrogen) atoms. The maximum absolute atomic E-state index is 13.0. The number of rotatable bonds is 4. The Bertz CT molecular complexity index is 916. The van der Waals surface area contributed by atoms with Gasteiger partial charge in [-0.25, -0.2) is 0 Å². The highest BCUT2D eigenvalue weighted by atomic mass is 19.4. The molecular formula is C18H15F3N2O2. The number of phenolic OH excluding ortho intramolecular Hbond substituents is 1. The topological polar surface area (TPSA) is 65.1 Å². The molecule has 0 saturated heterocycles. The molecule has 0 spiro atoms. The molecule has 0 bridgehead atoms. The van der Waals surface area contributed by atoms with Gasteiger partial charge in [0.15, 0.2) is 0 Å². The first-order chi connectivity index (χ1) is 11.9. The summed E-state index contributed by atoms with van der Waals surface area (Å²) >= 11 is 0. The highest BCUT2D eigenvalue weighted by Gasteiger charge is 2.34. The Hall–Kier alpha value is -2.96. The van der Waals surface area contributed by atoms with Crippen LogP contribution in [0, 0.1) is 0 Å². The SMILES string of the molecule is O=C(NCCc1c[nH]c2cc(O)ccc12)c1ccccc1C(F)(F)F. The molecule has 1 amide bonds. The van der Waals surface area contributed by atoms with Crippen molar-refractivity contribution in [3.8, 4) is 5.75 Å². The van der Waals surface area contributed by atoms with E-state index in [2.05, 4.69) is 10.3 Å². The Kier molecular flexibility index (Phi) is 4.39. The zero-order chi connectivity index (χ0) is 18.0. The molecule has 0 fully saturated rings. The molecule has 1 aromatic heterocycles. The van der Waals surface area contributed by atoms with Crippen LogP contribution in [0.2, 0.25) is 0 Å². The van der Waals surface area contributed by atoms with Gasteiger partial charge in [-0.3, -0.25) is 4.79 Å². The summed E-state index contributed by atoms with van der Waals surface area (Å²) < 4.78 is 38.9. The summed E-state index contributed by atoms with van der Waals surface area (Å²) in [6.45, 7) is 0.193. The maximum atomic E-state index is 13.0. The lowest BCUT2D eigenvalue weighted by atomic mass is 10.1. The monoisotopic (exact) mass is 348 g/mol. The van der Waals surface area contributed by atoms with E-state index >= 15 is 0 Å². The number of alkyl halides is 3. The predicted octanol–water partition coefficient (Wildman–Crippen LogP) is 3.86. The Morgan fingerprint density at radius 1 is 1.16 bits per heavy atom. The molecule has 0 radical (unpaired) electrons. The van der Waals surface area contributed by atoms with Crippen LogP contribution in [0.5, 0.6) is 5.75 Å². The molecule has 0 atom stereocenters. The molecule has 0 aliphatic rings. The van der Waals surface area contributed by atoms with Crippen LogP contribution < -0.4 is 5.32 Å². The lowest BCUT2D eigenvalue weighted by molar-refractivity contribution is -0.137. The zero-order valence-electron chi connectivity index (χ0n) is 13.0. The predicted molar refractivity (Wildman–Crippen MR) is 87.4 cm³/mol. The van der Waals surface area contributed by atoms with Crippen LogP contribution >= 0.6 is 0 Å². The average Bonchev–Trinajstić information content (AvgIpc) is 2.96. The highest BCUT2D eigenvalue weighted by molar-refractivity contribution is 5.96. The number of amides is 1. The fraction of sp³-hybridized carbons (Fsp3) is 0.167. The number of H-pyrrole nitrogens is 1. The lowest BCUT2D eigenvalue weighted by Crippen LogP contribution is -2.28. The van der Waals surface area contributed by atoms with E-state index in [0.29, 0.717) is 6.42 Å². The van der Waals surface area contributed by atoms with Gasteiger partial charge in [0.2, 0.25) is 0 Å². The Morgan fingerprint density at radius 2 is 1.92 bits per heavy atom. The standard InChI is InChI=1S/C18H15F3N2O2/c19-18(20,21)15-4-2-1-3-14(15)17(25)22-8-7-11-10-23-16-9-12(24)5-6-13(11)16/h1-6,9-10,23-24H,7-8H2,(H,22,25).